The number of hydrogen-bond donors (Lipinski definition) is 1. The van der Waals surface area contributed by atoms with Crippen molar-refractivity contribution in [3.8, 4) is 17.0 Å². The van der Waals surface area contributed by atoms with Gasteiger partial charge in [-0.3, -0.25) is 10.1 Å². The second kappa shape index (κ2) is 9.99. The number of para-hydroxylation sites is 1. The molecule has 0 saturated carbocycles. The Morgan fingerprint density at radius 2 is 2.03 bits per heavy atom. The number of rotatable bonds is 7. The largest absolute Gasteiger partial charge is 0.496 e. The van der Waals surface area contributed by atoms with Gasteiger partial charge in [0.15, 0.2) is 11.7 Å². The Morgan fingerprint density at radius 1 is 1.21 bits per heavy atom. The average Bonchev–Trinajstić information content (AvgIpc) is 3.19. The van der Waals surface area contributed by atoms with E-state index in [2.05, 4.69) is 26.2 Å². The van der Waals surface area contributed by atoms with E-state index < -0.39 is 18.5 Å². The molecule has 0 unspecified atom stereocenters. The molecule has 29 heavy (non-hydrogen) atoms. The van der Waals surface area contributed by atoms with E-state index in [9.17, 15) is 9.59 Å². The minimum absolute atomic E-state index is 0.402. The number of nitrogens with zero attached hydrogens (tertiary/aromatic N) is 1. The Hall–Kier alpha value is -2.97. The first-order valence-electron chi connectivity index (χ1n) is 8.54. The summed E-state index contributed by atoms with van der Waals surface area (Å²) in [6, 6.07) is 15.0. The summed E-state index contributed by atoms with van der Waals surface area (Å²) in [5, 5.41) is 4.91. The summed E-state index contributed by atoms with van der Waals surface area (Å²) < 4.78 is 11.1. The molecule has 0 aliphatic carbocycles. The highest BCUT2D eigenvalue weighted by molar-refractivity contribution is 9.10. The molecule has 0 aliphatic rings. The van der Waals surface area contributed by atoms with Crippen molar-refractivity contribution in [2.24, 2.45) is 0 Å². The van der Waals surface area contributed by atoms with Crippen LogP contribution in [-0.4, -0.2) is 30.6 Å². The van der Waals surface area contributed by atoms with Crippen molar-refractivity contribution in [3.05, 3.63) is 70.0 Å². The van der Waals surface area contributed by atoms with E-state index in [1.807, 2.05) is 41.8 Å². The predicted octanol–water partition coefficient (Wildman–Crippen LogP) is 4.78. The van der Waals surface area contributed by atoms with E-state index in [0.29, 0.717) is 10.9 Å². The van der Waals surface area contributed by atoms with Crippen molar-refractivity contribution in [2.45, 2.75) is 0 Å². The quantitative estimate of drug-likeness (QED) is 0.395. The lowest BCUT2D eigenvalue weighted by atomic mass is 10.2. The number of aromatic nitrogens is 1. The maximum atomic E-state index is 12.0. The van der Waals surface area contributed by atoms with Crippen LogP contribution < -0.4 is 10.1 Å². The Kier molecular flexibility index (Phi) is 7.15. The third kappa shape index (κ3) is 6.00. The SMILES string of the molecule is COc1ccccc1C=CC(=O)OCC(=O)Nc1nc(-c2cccc(Br)c2)cs1. The van der Waals surface area contributed by atoms with E-state index in [1.54, 1.807) is 25.3 Å². The number of carbonyl (C=O) groups excluding carboxylic acids is 2. The third-order valence-corrected chi connectivity index (χ3v) is 5.01. The van der Waals surface area contributed by atoms with Crippen LogP contribution in [0.2, 0.25) is 0 Å². The topological polar surface area (TPSA) is 77.5 Å². The Labute approximate surface area is 180 Å². The van der Waals surface area contributed by atoms with E-state index in [4.69, 9.17) is 9.47 Å². The first-order chi connectivity index (χ1) is 14.0. The molecule has 0 bridgehead atoms. The van der Waals surface area contributed by atoms with E-state index in [1.165, 1.54) is 17.4 Å². The number of carbonyl (C=O) groups is 2. The molecule has 148 valence electrons. The average molecular weight is 473 g/mol. The molecular weight excluding hydrogens is 456 g/mol. The smallest absolute Gasteiger partial charge is 0.331 e. The standard InChI is InChI=1S/C21H17BrN2O4S/c1-27-18-8-3-2-5-14(18)9-10-20(26)28-12-19(25)24-21-23-17(13-29-21)15-6-4-7-16(22)11-15/h2-11,13H,12H2,1H3,(H,23,24,25). The lowest BCUT2D eigenvalue weighted by Gasteiger charge is -2.04. The van der Waals surface area contributed by atoms with Gasteiger partial charge in [-0.25, -0.2) is 9.78 Å². The highest BCUT2D eigenvalue weighted by Crippen LogP contribution is 2.26. The molecule has 2 aromatic carbocycles. The second-order valence-electron chi connectivity index (χ2n) is 5.78. The minimum atomic E-state index is -0.625. The number of halogens is 1. The van der Waals surface area contributed by atoms with Crippen molar-refractivity contribution in [3.63, 3.8) is 0 Å². The van der Waals surface area contributed by atoms with Crippen LogP contribution in [0.4, 0.5) is 5.13 Å². The molecule has 1 heterocycles. The van der Waals surface area contributed by atoms with Gasteiger partial charge in [0, 0.05) is 27.1 Å². The molecule has 0 atom stereocenters. The summed E-state index contributed by atoms with van der Waals surface area (Å²) in [5.41, 5.74) is 2.42. The summed E-state index contributed by atoms with van der Waals surface area (Å²) in [4.78, 5) is 28.2. The number of benzene rings is 2. The van der Waals surface area contributed by atoms with Crippen molar-refractivity contribution >= 4 is 50.4 Å². The fourth-order valence-electron chi connectivity index (χ4n) is 2.41. The number of nitrogens with one attached hydrogen (secondary N) is 1. The number of esters is 1. The van der Waals surface area contributed by atoms with Gasteiger partial charge in [0.05, 0.1) is 12.8 Å². The van der Waals surface area contributed by atoms with Crippen LogP contribution in [0.5, 0.6) is 5.75 Å². The van der Waals surface area contributed by atoms with Gasteiger partial charge in [0.25, 0.3) is 5.91 Å². The van der Waals surface area contributed by atoms with Gasteiger partial charge in [-0.15, -0.1) is 11.3 Å². The van der Waals surface area contributed by atoms with Crippen molar-refractivity contribution < 1.29 is 19.1 Å². The summed E-state index contributed by atoms with van der Waals surface area (Å²) >= 11 is 4.72. The van der Waals surface area contributed by atoms with Crippen LogP contribution in [0, 0.1) is 0 Å². The zero-order valence-electron chi connectivity index (χ0n) is 15.4. The van der Waals surface area contributed by atoms with Gasteiger partial charge >= 0.3 is 5.97 Å². The molecule has 0 radical (unpaired) electrons. The van der Waals surface area contributed by atoms with Gasteiger partial charge in [0.2, 0.25) is 0 Å². The van der Waals surface area contributed by atoms with Gasteiger partial charge in [0.1, 0.15) is 5.75 Å². The first-order valence-corrected chi connectivity index (χ1v) is 10.2. The molecule has 0 saturated heterocycles. The summed E-state index contributed by atoms with van der Waals surface area (Å²) in [5.74, 6) is -0.446. The molecule has 1 amide bonds. The molecule has 1 aromatic heterocycles. The van der Waals surface area contributed by atoms with Crippen LogP contribution in [0.15, 0.2) is 64.5 Å². The molecule has 1 N–H and O–H groups in total. The Bertz CT molecular complexity index is 1050. The molecule has 0 aliphatic heterocycles. The normalized spacial score (nSPS) is 10.7. The highest BCUT2D eigenvalue weighted by atomic mass is 79.9. The van der Waals surface area contributed by atoms with Crippen LogP contribution in [0.3, 0.4) is 0 Å². The zero-order chi connectivity index (χ0) is 20.6. The van der Waals surface area contributed by atoms with Crippen LogP contribution in [0.1, 0.15) is 5.56 Å². The number of ether oxygens (including phenoxy) is 2. The Morgan fingerprint density at radius 3 is 2.83 bits per heavy atom. The molecule has 0 spiro atoms. The molecule has 3 aromatic rings. The van der Waals surface area contributed by atoms with Gasteiger partial charge in [-0.2, -0.15) is 0 Å². The minimum Gasteiger partial charge on any atom is -0.496 e. The van der Waals surface area contributed by atoms with Crippen molar-refractivity contribution in [1.29, 1.82) is 0 Å². The summed E-state index contributed by atoms with van der Waals surface area (Å²) in [7, 11) is 1.55. The van der Waals surface area contributed by atoms with Crippen LogP contribution in [-0.2, 0) is 14.3 Å². The van der Waals surface area contributed by atoms with E-state index in [-0.39, 0.29) is 0 Å². The number of anilines is 1. The fourth-order valence-corrected chi connectivity index (χ4v) is 3.55. The summed E-state index contributed by atoms with van der Waals surface area (Å²) in [6.45, 7) is -0.402. The maximum absolute atomic E-state index is 12.0. The fraction of sp³-hybridized carbons (Fsp3) is 0.0952. The van der Waals surface area contributed by atoms with E-state index in [0.717, 1.165) is 21.3 Å². The zero-order valence-corrected chi connectivity index (χ0v) is 17.8. The monoisotopic (exact) mass is 472 g/mol. The molecule has 6 nitrogen and oxygen atoms in total. The lowest BCUT2D eigenvalue weighted by molar-refractivity contribution is -0.142. The second-order valence-corrected chi connectivity index (χ2v) is 7.55. The van der Waals surface area contributed by atoms with Gasteiger partial charge in [-0.1, -0.05) is 46.3 Å². The van der Waals surface area contributed by atoms with Gasteiger partial charge in [-0.05, 0) is 24.3 Å². The van der Waals surface area contributed by atoms with Crippen molar-refractivity contribution in [1.82, 2.24) is 4.98 Å². The Balaban J connectivity index is 1.51. The van der Waals surface area contributed by atoms with Crippen LogP contribution in [0.25, 0.3) is 17.3 Å². The number of hydrogen-bond acceptors (Lipinski definition) is 6. The van der Waals surface area contributed by atoms with Gasteiger partial charge < -0.3 is 9.47 Å². The van der Waals surface area contributed by atoms with Crippen molar-refractivity contribution in [2.75, 3.05) is 19.0 Å². The predicted molar refractivity (Wildman–Crippen MR) is 117 cm³/mol. The number of thiazole rings is 1. The summed E-state index contributed by atoms with van der Waals surface area (Å²) in [6.07, 6.45) is 2.82. The third-order valence-electron chi connectivity index (χ3n) is 3.75. The molecule has 0 fully saturated rings. The molecule has 8 heteroatoms. The first kappa shape index (κ1) is 20.8. The highest BCUT2D eigenvalue weighted by Gasteiger charge is 2.10. The number of amides is 1. The number of methoxy groups -OCH3 is 1. The van der Waals surface area contributed by atoms with E-state index >= 15 is 0 Å². The maximum Gasteiger partial charge on any atom is 0.331 e. The molecule has 3 rings (SSSR count). The molecular formula is C21H17BrN2O4S. The lowest BCUT2D eigenvalue weighted by Crippen LogP contribution is -2.20. The van der Waals surface area contributed by atoms with Crippen LogP contribution >= 0.6 is 27.3 Å².